The van der Waals surface area contributed by atoms with Crippen molar-refractivity contribution in [2.75, 3.05) is 31.7 Å². The number of aromatic nitrogens is 2. The standard InChI is InChI=1S/C14H22ClN3O2/c1-4-11-16-12(15)10(2)13(17-11)18(3)9-14(19)5-7-20-8-6-14/h19H,4-9H2,1-3H3. The third-order valence-corrected chi connectivity index (χ3v) is 4.11. The van der Waals surface area contributed by atoms with Gasteiger partial charge in [0.1, 0.15) is 16.8 Å². The molecule has 1 saturated heterocycles. The fourth-order valence-corrected chi connectivity index (χ4v) is 2.66. The van der Waals surface area contributed by atoms with E-state index in [0.717, 1.165) is 23.6 Å². The minimum atomic E-state index is -0.719. The predicted molar refractivity (Wildman–Crippen MR) is 79.4 cm³/mol. The number of hydrogen-bond acceptors (Lipinski definition) is 5. The fourth-order valence-electron chi connectivity index (χ4n) is 2.48. The highest BCUT2D eigenvalue weighted by Gasteiger charge is 2.32. The molecule has 0 atom stereocenters. The van der Waals surface area contributed by atoms with Gasteiger partial charge in [-0.3, -0.25) is 0 Å². The Bertz CT molecular complexity index is 476. The van der Waals surface area contributed by atoms with E-state index >= 15 is 0 Å². The van der Waals surface area contributed by atoms with Crippen LogP contribution in [0.1, 0.15) is 31.2 Å². The number of halogens is 1. The monoisotopic (exact) mass is 299 g/mol. The number of hydrogen-bond donors (Lipinski definition) is 1. The number of rotatable bonds is 4. The Balaban J connectivity index is 2.20. The van der Waals surface area contributed by atoms with Crippen molar-refractivity contribution < 1.29 is 9.84 Å². The number of ether oxygens (including phenoxy) is 1. The summed E-state index contributed by atoms with van der Waals surface area (Å²) in [5.41, 5.74) is 0.130. The molecule has 1 N–H and O–H groups in total. The molecule has 2 heterocycles. The lowest BCUT2D eigenvalue weighted by Gasteiger charge is -2.36. The number of likely N-dealkylation sites (N-methyl/N-ethyl adjacent to an activating group) is 1. The van der Waals surface area contributed by atoms with Gasteiger partial charge in [0.2, 0.25) is 0 Å². The van der Waals surface area contributed by atoms with Crippen molar-refractivity contribution in [1.29, 1.82) is 0 Å². The van der Waals surface area contributed by atoms with Crippen molar-refractivity contribution in [1.82, 2.24) is 9.97 Å². The molecule has 0 spiro atoms. The molecule has 0 amide bonds. The van der Waals surface area contributed by atoms with Gasteiger partial charge in [-0.2, -0.15) is 0 Å². The molecule has 1 aromatic heterocycles. The van der Waals surface area contributed by atoms with E-state index in [1.165, 1.54) is 0 Å². The van der Waals surface area contributed by atoms with Crippen LogP contribution in [0, 0.1) is 6.92 Å². The van der Waals surface area contributed by atoms with Gasteiger partial charge in [0, 0.05) is 51.6 Å². The Morgan fingerprint density at radius 2 is 2.00 bits per heavy atom. The van der Waals surface area contributed by atoms with Crippen LogP contribution in [0.4, 0.5) is 5.82 Å². The molecule has 1 aromatic rings. The summed E-state index contributed by atoms with van der Waals surface area (Å²) >= 11 is 6.16. The Labute approximate surface area is 124 Å². The van der Waals surface area contributed by atoms with E-state index in [1.807, 2.05) is 25.8 Å². The number of aryl methyl sites for hydroxylation is 1. The highest BCUT2D eigenvalue weighted by molar-refractivity contribution is 6.30. The normalized spacial score (nSPS) is 18.1. The second-order valence-electron chi connectivity index (χ2n) is 5.43. The molecule has 6 heteroatoms. The number of aliphatic hydroxyl groups is 1. The smallest absolute Gasteiger partial charge is 0.137 e. The van der Waals surface area contributed by atoms with Gasteiger partial charge >= 0.3 is 0 Å². The highest BCUT2D eigenvalue weighted by Crippen LogP contribution is 2.27. The average Bonchev–Trinajstić information content (AvgIpc) is 2.41. The molecule has 0 aromatic carbocycles. The molecule has 1 aliphatic heterocycles. The van der Waals surface area contributed by atoms with Crippen LogP contribution < -0.4 is 4.90 Å². The molecule has 5 nitrogen and oxygen atoms in total. The largest absolute Gasteiger partial charge is 0.388 e. The Hall–Kier alpha value is -0.910. The number of nitrogens with zero attached hydrogens (tertiary/aromatic N) is 3. The molecule has 0 bridgehead atoms. The van der Waals surface area contributed by atoms with Crippen LogP contribution in [-0.2, 0) is 11.2 Å². The molecule has 20 heavy (non-hydrogen) atoms. The third-order valence-electron chi connectivity index (χ3n) is 3.74. The van der Waals surface area contributed by atoms with Crippen LogP contribution in [0.25, 0.3) is 0 Å². The average molecular weight is 300 g/mol. The highest BCUT2D eigenvalue weighted by atomic mass is 35.5. The van der Waals surface area contributed by atoms with Crippen LogP contribution in [-0.4, -0.2) is 47.5 Å². The Kier molecular flexibility index (Phi) is 4.83. The maximum Gasteiger partial charge on any atom is 0.137 e. The van der Waals surface area contributed by atoms with Gasteiger partial charge in [-0.25, -0.2) is 9.97 Å². The molecule has 0 unspecified atom stereocenters. The lowest BCUT2D eigenvalue weighted by atomic mass is 9.94. The molecule has 0 aliphatic carbocycles. The third kappa shape index (κ3) is 3.40. The first-order chi connectivity index (χ1) is 9.45. The van der Waals surface area contributed by atoms with E-state index in [2.05, 4.69) is 9.97 Å². The summed E-state index contributed by atoms with van der Waals surface area (Å²) in [4.78, 5) is 10.7. The fraction of sp³-hybridized carbons (Fsp3) is 0.714. The molecule has 2 rings (SSSR count). The summed E-state index contributed by atoms with van der Waals surface area (Å²) in [6.07, 6.45) is 2.03. The van der Waals surface area contributed by atoms with Gasteiger partial charge in [-0.15, -0.1) is 0 Å². The van der Waals surface area contributed by atoms with E-state index in [-0.39, 0.29) is 0 Å². The second-order valence-corrected chi connectivity index (χ2v) is 5.78. The van der Waals surface area contributed by atoms with E-state index in [0.29, 0.717) is 37.8 Å². The maximum atomic E-state index is 10.6. The molecule has 1 fully saturated rings. The molecular weight excluding hydrogens is 278 g/mol. The van der Waals surface area contributed by atoms with E-state index in [1.54, 1.807) is 0 Å². The Morgan fingerprint density at radius 1 is 1.35 bits per heavy atom. The lowest BCUT2D eigenvalue weighted by Crippen LogP contribution is -2.46. The lowest BCUT2D eigenvalue weighted by molar-refractivity contribution is -0.0573. The van der Waals surface area contributed by atoms with Crippen molar-refractivity contribution in [3.05, 3.63) is 16.5 Å². The van der Waals surface area contributed by atoms with Gasteiger partial charge < -0.3 is 14.7 Å². The molecule has 0 radical (unpaired) electrons. The van der Waals surface area contributed by atoms with Crippen molar-refractivity contribution in [2.45, 2.75) is 38.7 Å². The summed E-state index contributed by atoms with van der Waals surface area (Å²) in [5, 5.41) is 11.1. The summed E-state index contributed by atoms with van der Waals surface area (Å²) in [7, 11) is 1.93. The van der Waals surface area contributed by atoms with Crippen molar-refractivity contribution >= 4 is 17.4 Å². The summed E-state index contributed by atoms with van der Waals surface area (Å²) in [5.74, 6) is 1.52. The Morgan fingerprint density at radius 3 is 2.60 bits per heavy atom. The molecule has 112 valence electrons. The second kappa shape index (κ2) is 6.24. The van der Waals surface area contributed by atoms with Crippen molar-refractivity contribution in [3.63, 3.8) is 0 Å². The van der Waals surface area contributed by atoms with Crippen LogP contribution in [0.2, 0.25) is 5.15 Å². The van der Waals surface area contributed by atoms with Gasteiger partial charge in [0.25, 0.3) is 0 Å². The van der Waals surface area contributed by atoms with Gasteiger partial charge in [0.05, 0.1) is 5.60 Å². The van der Waals surface area contributed by atoms with Gasteiger partial charge in [0.15, 0.2) is 0 Å². The van der Waals surface area contributed by atoms with E-state index in [4.69, 9.17) is 16.3 Å². The first-order valence-electron chi connectivity index (χ1n) is 6.99. The van der Waals surface area contributed by atoms with E-state index in [9.17, 15) is 5.11 Å². The summed E-state index contributed by atoms with van der Waals surface area (Å²) < 4.78 is 5.31. The zero-order chi connectivity index (χ0) is 14.8. The number of anilines is 1. The first-order valence-corrected chi connectivity index (χ1v) is 7.37. The minimum absolute atomic E-state index is 0.484. The van der Waals surface area contributed by atoms with Crippen LogP contribution >= 0.6 is 11.6 Å². The zero-order valence-electron chi connectivity index (χ0n) is 12.3. The van der Waals surface area contributed by atoms with Crippen LogP contribution in [0.3, 0.4) is 0 Å². The van der Waals surface area contributed by atoms with Gasteiger partial charge in [-0.1, -0.05) is 18.5 Å². The van der Waals surface area contributed by atoms with Crippen LogP contribution in [0.15, 0.2) is 0 Å². The minimum Gasteiger partial charge on any atom is -0.388 e. The van der Waals surface area contributed by atoms with E-state index < -0.39 is 5.60 Å². The summed E-state index contributed by atoms with van der Waals surface area (Å²) in [6.45, 7) is 5.63. The van der Waals surface area contributed by atoms with Gasteiger partial charge in [-0.05, 0) is 6.92 Å². The first kappa shape index (κ1) is 15.5. The van der Waals surface area contributed by atoms with Crippen molar-refractivity contribution in [2.24, 2.45) is 0 Å². The summed E-state index contributed by atoms with van der Waals surface area (Å²) in [6, 6.07) is 0. The quantitative estimate of drug-likeness (QED) is 0.862. The molecule has 1 aliphatic rings. The molecule has 0 saturated carbocycles. The molecular formula is C14H22ClN3O2. The zero-order valence-corrected chi connectivity index (χ0v) is 13.1. The maximum absolute atomic E-state index is 10.6. The topological polar surface area (TPSA) is 58.5 Å². The van der Waals surface area contributed by atoms with Crippen molar-refractivity contribution in [3.8, 4) is 0 Å². The van der Waals surface area contributed by atoms with Crippen LogP contribution in [0.5, 0.6) is 0 Å². The predicted octanol–water partition coefficient (Wildman–Crippen LogP) is 1.98. The SMILES string of the molecule is CCc1nc(Cl)c(C)c(N(C)CC2(O)CCOCC2)n1.